The van der Waals surface area contributed by atoms with Crippen molar-refractivity contribution in [3.8, 4) is 0 Å². The van der Waals surface area contributed by atoms with Crippen molar-refractivity contribution in [3.05, 3.63) is 30.6 Å². The predicted molar refractivity (Wildman–Crippen MR) is 69.0 cm³/mol. The minimum Gasteiger partial charge on any atom is -0.392 e. The summed E-state index contributed by atoms with van der Waals surface area (Å²) in [6.07, 6.45) is 1.61. The van der Waals surface area contributed by atoms with E-state index in [1.54, 1.807) is 13.3 Å². The monoisotopic (exact) mass is 247 g/mol. The number of nitrogens with zero attached hydrogens (tertiary/aromatic N) is 2. The number of fused-ring (bicyclic) bond motifs is 1. The summed E-state index contributed by atoms with van der Waals surface area (Å²) < 4.78 is 1.96. The Morgan fingerprint density at radius 2 is 2.28 bits per heavy atom. The zero-order valence-corrected chi connectivity index (χ0v) is 10.3. The second-order valence-electron chi connectivity index (χ2n) is 4.33. The van der Waals surface area contributed by atoms with Gasteiger partial charge in [0.1, 0.15) is 0 Å². The lowest BCUT2D eigenvalue weighted by molar-refractivity contribution is -0.121. The highest BCUT2D eigenvalue weighted by atomic mass is 16.3. The first kappa shape index (κ1) is 12.6. The fourth-order valence-electron chi connectivity index (χ4n) is 1.76. The molecule has 0 aliphatic heterocycles. The van der Waals surface area contributed by atoms with E-state index in [-0.39, 0.29) is 5.91 Å². The number of para-hydroxylation sites is 2. The minimum atomic E-state index is -0.511. The third-order valence-corrected chi connectivity index (χ3v) is 2.70. The molecule has 2 aromatic rings. The van der Waals surface area contributed by atoms with Gasteiger partial charge >= 0.3 is 0 Å². The number of rotatable bonds is 5. The molecule has 0 saturated heterocycles. The third-order valence-electron chi connectivity index (χ3n) is 2.70. The van der Waals surface area contributed by atoms with Gasteiger partial charge in [0.15, 0.2) is 0 Å². The summed E-state index contributed by atoms with van der Waals surface area (Å²) in [6, 6.07) is 7.82. The highest BCUT2D eigenvalue weighted by Crippen LogP contribution is 2.11. The van der Waals surface area contributed by atoms with Crippen LogP contribution in [0.1, 0.15) is 13.3 Å². The number of aliphatic hydroxyl groups is 1. The van der Waals surface area contributed by atoms with Gasteiger partial charge in [-0.05, 0) is 19.1 Å². The van der Waals surface area contributed by atoms with Gasteiger partial charge in [0.2, 0.25) is 5.91 Å². The second-order valence-corrected chi connectivity index (χ2v) is 4.33. The first-order valence-corrected chi connectivity index (χ1v) is 6.01. The Morgan fingerprint density at radius 3 is 3.06 bits per heavy atom. The van der Waals surface area contributed by atoms with Crippen molar-refractivity contribution in [2.45, 2.75) is 26.0 Å². The van der Waals surface area contributed by atoms with E-state index in [0.717, 1.165) is 11.0 Å². The Kier molecular flexibility index (Phi) is 3.94. The lowest BCUT2D eigenvalue weighted by Crippen LogP contribution is -2.31. The van der Waals surface area contributed by atoms with Gasteiger partial charge in [0, 0.05) is 19.5 Å². The molecule has 1 aromatic carbocycles. The Hall–Kier alpha value is -1.88. The lowest BCUT2D eigenvalue weighted by atomic mass is 10.3. The molecule has 2 rings (SSSR count). The maximum absolute atomic E-state index is 11.5. The van der Waals surface area contributed by atoms with E-state index in [0.29, 0.717) is 19.5 Å². The maximum Gasteiger partial charge on any atom is 0.221 e. The van der Waals surface area contributed by atoms with Crippen LogP contribution in [-0.2, 0) is 11.3 Å². The largest absolute Gasteiger partial charge is 0.392 e. The van der Waals surface area contributed by atoms with Crippen LogP contribution in [0.4, 0.5) is 0 Å². The van der Waals surface area contributed by atoms with Crippen LogP contribution >= 0.6 is 0 Å². The number of aryl methyl sites for hydroxylation is 1. The van der Waals surface area contributed by atoms with Crippen LogP contribution in [0.3, 0.4) is 0 Å². The number of amides is 1. The Morgan fingerprint density at radius 1 is 1.50 bits per heavy atom. The molecule has 1 aromatic heterocycles. The molecule has 2 N–H and O–H groups in total. The average molecular weight is 247 g/mol. The van der Waals surface area contributed by atoms with Crippen molar-refractivity contribution in [1.82, 2.24) is 14.9 Å². The van der Waals surface area contributed by atoms with Crippen molar-refractivity contribution in [1.29, 1.82) is 0 Å². The topological polar surface area (TPSA) is 67.2 Å². The van der Waals surface area contributed by atoms with Crippen LogP contribution in [0.15, 0.2) is 30.6 Å². The first-order chi connectivity index (χ1) is 8.66. The molecule has 0 fully saturated rings. The number of hydrogen-bond acceptors (Lipinski definition) is 3. The number of hydrogen-bond donors (Lipinski definition) is 2. The van der Waals surface area contributed by atoms with Gasteiger partial charge in [-0.2, -0.15) is 0 Å². The van der Waals surface area contributed by atoms with E-state index >= 15 is 0 Å². The van der Waals surface area contributed by atoms with Crippen LogP contribution in [0.25, 0.3) is 11.0 Å². The van der Waals surface area contributed by atoms with Gasteiger partial charge in [-0.3, -0.25) is 4.79 Å². The van der Waals surface area contributed by atoms with Crippen molar-refractivity contribution < 1.29 is 9.90 Å². The van der Waals surface area contributed by atoms with Gasteiger partial charge < -0.3 is 15.0 Å². The molecule has 0 aliphatic rings. The Labute approximate surface area is 105 Å². The van der Waals surface area contributed by atoms with Gasteiger partial charge in [0.25, 0.3) is 0 Å². The van der Waals surface area contributed by atoms with E-state index in [9.17, 15) is 4.79 Å². The van der Waals surface area contributed by atoms with E-state index in [1.807, 2.05) is 28.8 Å². The van der Waals surface area contributed by atoms with Gasteiger partial charge in [-0.15, -0.1) is 0 Å². The molecule has 5 nitrogen and oxygen atoms in total. The van der Waals surface area contributed by atoms with E-state index in [1.165, 1.54) is 0 Å². The quantitative estimate of drug-likeness (QED) is 0.825. The molecule has 1 heterocycles. The molecule has 18 heavy (non-hydrogen) atoms. The fourth-order valence-corrected chi connectivity index (χ4v) is 1.76. The number of imidazole rings is 1. The maximum atomic E-state index is 11.5. The summed E-state index contributed by atoms with van der Waals surface area (Å²) in [4.78, 5) is 15.8. The number of aromatic nitrogens is 2. The van der Waals surface area contributed by atoms with E-state index in [2.05, 4.69) is 10.3 Å². The molecular weight excluding hydrogens is 230 g/mol. The Bertz CT molecular complexity index is 534. The summed E-state index contributed by atoms with van der Waals surface area (Å²) in [5, 5.41) is 11.7. The smallest absolute Gasteiger partial charge is 0.221 e. The highest BCUT2D eigenvalue weighted by Gasteiger charge is 2.05. The SMILES string of the molecule is C[C@H](O)CNC(=O)CCn1cnc2ccccc21. The molecule has 0 saturated carbocycles. The van der Waals surface area contributed by atoms with Crippen LogP contribution in [-0.4, -0.2) is 33.2 Å². The molecule has 0 radical (unpaired) electrons. The Balaban J connectivity index is 1.92. The molecule has 1 amide bonds. The standard InChI is InChI=1S/C13H17N3O2/c1-10(17)8-14-13(18)6-7-16-9-15-11-4-2-3-5-12(11)16/h2-5,9-10,17H,6-8H2,1H3,(H,14,18)/t10-/m0/s1. The molecule has 0 bridgehead atoms. The van der Waals surface area contributed by atoms with Gasteiger partial charge in [0.05, 0.1) is 23.5 Å². The molecular formula is C13H17N3O2. The third kappa shape index (κ3) is 3.07. The average Bonchev–Trinajstić information content (AvgIpc) is 2.77. The van der Waals surface area contributed by atoms with E-state index in [4.69, 9.17) is 5.11 Å². The summed E-state index contributed by atoms with van der Waals surface area (Å²) in [6.45, 7) is 2.53. The lowest BCUT2D eigenvalue weighted by Gasteiger charge is -2.07. The first-order valence-electron chi connectivity index (χ1n) is 6.01. The van der Waals surface area contributed by atoms with Crippen LogP contribution in [0.2, 0.25) is 0 Å². The number of benzene rings is 1. The molecule has 0 aliphatic carbocycles. The zero-order valence-electron chi connectivity index (χ0n) is 10.3. The summed E-state index contributed by atoms with van der Waals surface area (Å²) in [5.74, 6) is -0.0614. The predicted octanol–water partition coefficient (Wildman–Crippen LogP) is 0.923. The molecule has 0 spiro atoms. The number of carbonyl (C=O) groups is 1. The fraction of sp³-hybridized carbons (Fsp3) is 0.385. The molecule has 0 unspecified atom stereocenters. The van der Waals surface area contributed by atoms with Gasteiger partial charge in [-0.25, -0.2) is 4.98 Å². The molecule has 96 valence electrons. The number of aliphatic hydroxyl groups excluding tert-OH is 1. The van der Waals surface area contributed by atoms with Crippen molar-refractivity contribution in [2.24, 2.45) is 0 Å². The summed E-state index contributed by atoms with van der Waals surface area (Å²) in [7, 11) is 0. The summed E-state index contributed by atoms with van der Waals surface area (Å²) >= 11 is 0. The van der Waals surface area contributed by atoms with Crippen LogP contribution < -0.4 is 5.32 Å². The number of carbonyl (C=O) groups excluding carboxylic acids is 1. The summed E-state index contributed by atoms with van der Waals surface area (Å²) in [5.41, 5.74) is 1.96. The van der Waals surface area contributed by atoms with Crippen molar-refractivity contribution in [3.63, 3.8) is 0 Å². The van der Waals surface area contributed by atoms with Crippen molar-refractivity contribution >= 4 is 16.9 Å². The van der Waals surface area contributed by atoms with Gasteiger partial charge in [-0.1, -0.05) is 12.1 Å². The highest BCUT2D eigenvalue weighted by molar-refractivity contribution is 5.77. The minimum absolute atomic E-state index is 0.0614. The van der Waals surface area contributed by atoms with Crippen LogP contribution in [0, 0.1) is 0 Å². The van der Waals surface area contributed by atoms with Crippen molar-refractivity contribution in [2.75, 3.05) is 6.54 Å². The molecule has 5 heteroatoms. The van der Waals surface area contributed by atoms with E-state index < -0.39 is 6.10 Å². The molecule has 1 atom stereocenters. The van der Waals surface area contributed by atoms with Crippen LogP contribution in [0.5, 0.6) is 0 Å². The number of nitrogens with one attached hydrogen (secondary N) is 1. The zero-order chi connectivity index (χ0) is 13.0. The normalized spacial score (nSPS) is 12.6. The second kappa shape index (κ2) is 5.64.